The molecule has 0 fully saturated rings. The van der Waals surface area contributed by atoms with Crippen molar-refractivity contribution >= 4 is 5.69 Å². The summed E-state index contributed by atoms with van der Waals surface area (Å²) in [7, 11) is 0. The molecule has 0 saturated heterocycles. The zero-order chi connectivity index (χ0) is 9.68. The molecule has 3 nitrogen and oxygen atoms in total. The Kier molecular flexibility index (Phi) is 3.55. The van der Waals surface area contributed by atoms with Gasteiger partial charge in [0.15, 0.2) is 0 Å². The van der Waals surface area contributed by atoms with Crippen molar-refractivity contribution in [2.45, 2.75) is 20.3 Å². The fourth-order valence-electron chi connectivity index (χ4n) is 0.930. The number of ether oxygens (including phenoxy) is 1. The normalized spacial score (nSPS) is 10.4. The Bertz CT molecular complexity index is 261. The van der Waals surface area contributed by atoms with Crippen molar-refractivity contribution in [2.75, 3.05) is 12.3 Å². The van der Waals surface area contributed by atoms with E-state index in [2.05, 4.69) is 18.8 Å². The lowest BCUT2D eigenvalue weighted by Gasteiger charge is -2.09. The Morgan fingerprint density at radius 1 is 1.54 bits per heavy atom. The summed E-state index contributed by atoms with van der Waals surface area (Å²) in [5.41, 5.74) is 6.25. The quantitative estimate of drug-likeness (QED) is 0.771. The molecule has 0 unspecified atom stereocenters. The number of anilines is 1. The van der Waals surface area contributed by atoms with Crippen LogP contribution in [0, 0.1) is 5.92 Å². The number of nitrogens with two attached hydrogens (primary N) is 1. The van der Waals surface area contributed by atoms with Gasteiger partial charge in [0, 0.05) is 12.3 Å². The van der Waals surface area contributed by atoms with Crippen molar-refractivity contribution in [1.29, 1.82) is 0 Å². The first-order valence-electron chi connectivity index (χ1n) is 4.52. The zero-order valence-electron chi connectivity index (χ0n) is 8.16. The van der Waals surface area contributed by atoms with Crippen molar-refractivity contribution in [1.82, 2.24) is 4.98 Å². The van der Waals surface area contributed by atoms with Gasteiger partial charge in [0.2, 0.25) is 0 Å². The third-order valence-corrected chi connectivity index (χ3v) is 1.76. The third-order valence-electron chi connectivity index (χ3n) is 1.76. The van der Waals surface area contributed by atoms with E-state index in [1.807, 2.05) is 0 Å². The van der Waals surface area contributed by atoms with Crippen molar-refractivity contribution in [3.8, 4) is 5.75 Å². The largest absolute Gasteiger partial charge is 0.491 e. The van der Waals surface area contributed by atoms with Gasteiger partial charge in [-0.05, 0) is 12.3 Å². The number of hydrogen-bond donors (Lipinski definition) is 1. The molecular weight excluding hydrogens is 164 g/mol. The Labute approximate surface area is 78.9 Å². The molecule has 1 rings (SSSR count). The summed E-state index contributed by atoms with van der Waals surface area (Å²) in [5.74, 6) is 1.39. The lowest BCUT2D eigenvalue weighted by molar-refractivity contribution is 0.290. The fourth-order valence-corrected chi connectivity index (χ4v) is 0.930. The molecule has 0 amide bonds. The molecule has 0 aromatic carbocycles. The van der Waals surface area contributed by atoms with Gasteiger partial charge >= 0.3 is 0 Å². The van der Waals surface area contributed by atoms with Gasteiger partial charge in [0.05, 0.1) is 18.5 Å². The van der Waals surface area contributed by atoms with E-state index in [1.54, 1.807) is 18.5 Å². The van der Waals surface area contributed by atoms with Crippen LogP contribution >= 0.6 is 0 Å². The molecule has 0 saturated carbocycles. The standard InChI is InChI=1S/C10H16N2O/c1-8(2)4-6-13-10-3-5-12-7-9(10)11/h3,5,7-8H,4,6,11H2,1-2H3. The third kappa shape index (κ3) is 3.32. The van der Waals surface area contributed by atoms with Crippen LogP contribution in [0.4, 0.5) is 5.69 Å². The first-order chi connectivity index (χ1) is 6.20. The number of nitrogens with zero attached hydrogens (tertiary/aromatic N) is 1. The lowest BCUT2D eigenvalue weighted by Crippen LogP contribution is -2.03. The summed E-state index contributed by atoms with van der Waals surface area (Å²) in [6.07, 6.45) is 4.33. The number of rotatable bonds is 4. The number of hydrogen-bond acceptors (Lipinski definition) is 3. The highest BCUT2D eigenvalue weighted by Gasteiger charge is 1.99. The van der Waals surface area contributed by atoms with E-state index >= 15 is 0 Å². The maximum absolute atomic E-state index is 5.65. The first kappa shape index (κ1) is 9.84. The molecule has 1 aromatic heterocycles. The lowest BCUT2D eigenvalue weighted by atomic mass is 10.1. The SMILES string of the molecule is CC(C)CCOc1ccncc1N. The van der Waals surface area contributed by atoms with E-state index in [-0.39, 0.29) is 0 Å². The predicted octanol–water partition coefficient (Wildman–Crippen LogP) is 2.09. The molecule has 0 atom stereocenters. The molecule has 0 bridgehead atoms. The summed E-state index contributed by atoms with van der Waals surface area (Å²) >= 11 is 0. The van der Waals surface area contributed by atoms with Crippen LogP contribution in [0.15, 0.2) is 18.5 Å². The van der Waals surface area contributed by atoms with Gasteiger partial charge < -0.3 is 10.5 Å². The fraction of sp³-hybridized carbons (Fsp3) is 0.500. The second kappa shape index (κ2) is 4.70. The molecule has 2 N–H and O–H groups in total. The molecule has 0 aliphatic carbocycles. The van der Waals surface area contributed by atoms with Gasteiger partial charge in [-0.1, -0.05) is 13.8 Å². The van der Waals surface area contributed by atoms with Gasteiger partial charge in [-0.25, -0.2) is 0 Å². The van der Waals surface area contributed by atoms with E-state index in [9.17, 15) is 0 Å². The minimum Gasteiger partial charge on any atom is -0.491 e. The van der Waals surface area contributed by atoms with E-state index in [1.165, 1.54) is 0 Å². The minimum absolute atomic E-state index is 0.603. The average Bonchev–Trinajstić information content (AvgIpc) is 2.08. The van der Waals surface area contributed by atoms with Crippen LogP contribution < -0.4 is 10.5 Å². The van der Waals surface area contributed by atoms with E-state index in [0.29, 0.717) is 18.2 Å². The topological polar surface area (TPSA) is 48.1 Å². The Morgan fingerprint density at radius 2 is 2.31 bits per heavy atom. The zero-order valence-corrected chi connectivity index (χ0v) is 8.16. The van der Waals surface area contributed by atoms with E-state index < -0.39 is 0 Å². The second-order valence-electron chi connectivity index (χ2n) is 3.44. The predicted molar refractivity (Wildman–Crippen MR) is 53.6 cm³/mol. The molecule has 0 radical (unpaired) electrons. The molecule has 1 heterocycles. The summed E-state index contributed by atoms with van der Waals surface area (Å²) in [6, 6.07) is 1.79. The molecule has 0 spiro atoms. The molecule has 13 heavy (non-hydrogen) atoms. The van der Waals surface area contributed by atoms with Crippen molar-refractivity contribution in [3.05, 3.63) is 18.5 Å². The highest BCUT2D eigenvalue weighted by atomic mass is 16.5. The highest BCUT2D eigenvalue weighted by Crippen LogP contribution is 2.18. The van der Waals surface area contributed by atoms with Crippen molar-refractivity contribution < 1.29 is 4.74 Å². The van der Waals surface area contributed by atoms with Crippen LogP contribution in [0.25, 0.3) is 0 Å². The monoisotopic (exact) mass is 180 g/mol. The molecule has 0 aliphatic heterocycles. The van der Waals surface area contributed by atoms with Crippen molar-refractivity contribution in [2.24, 2.45) is 5.92 Å². The van der Waals surface area contributed by atoms with Crippen LogP contribution in [0.5, 0.6) is 5.75 Å². The van der Waals surface area contributed by atoms with Gasteiger partial charge in [0.1, 0.15) is 5.75 Å². The van der Waals surface area contributed by atoms with Crippen LogP contribution in [0.1, 0.15) is 20.3 Å². The Morgan fingerprint density at radius 3 is 2.92 bits per heavy atom. The van der Waals surface area contributed by atoms with Crippen LogP contribution in [-0.4, -0.2) is 11.6 Å². The number of nitrogen functional groups attached to an aromatic ring is 1. The van der Waals surface area contributed by atoms with Gasteiger partial charge in [0.25, 0.3) is 0 Å². The second-order valence-corrected chi connectivity index (χ2v) is 3.44. The first-order valence-corrected chi connectivity index (χ1v) is 4.52. The van der Waals surface area contributed by atoms with E-state index in [0.717, 1.165) is 12.2 Å². The average molecular weight is 180 g/mol. The van der Waals surface area contributed by atoms with Crippen LogP contribution in [0.2, 0.25) is 0 Å². The molecule has 72 valence electrons. The van der Waals surface area contributed by atoms with Crippen molar-refractivity contribution in [3.63, 3.8) is 0 Å². The van der Waals surface area contributed by atoms with Gasteiger partial charge in [-0.2, -0.15) is 0 Å². The Balaban J connectivity index is 2.41. The minimum atomic E-state index is 0.603. The maximum Gasteiger partial charge on any atom is 0.145 e. The van der Waals surface area contributed by atoms with Gasteiger partial charge in [-0.15, -0.1) is 0 Å². The summed E-state index contributed by atoms with van der Waals surface area (Å²) in [4.78, 5) is 3.88. The molecule has 0 aliphatic rings. The molecule has 3 heteroatoms. The summed E-state index contributed by atoms with van der Waals surface area (Å²) < 4.78 is 5.48. The van der Waals surface area contributed by atoms with E-state index in [4.69, 9.17) is 10.5 Å². The van der Waals surface area contributed by atoms with Gasteiger partial charge in [-0.3, -0.25) is 4.98 Å². The Hall–Kier alpha value is -1.25. The van der Waals surface area contributed by atoms with Crippen LogP contribution in [0.3, 0.4) is 0 Å². The number of pyridine rings is 1. The highest BCUT2D eigenvalue weighted by molar-refractivity contribution is 5.49. The molecule has 1 aromatic rings. The smallest absolute Gasteiger partial charge is 0.145 e. The molecular formula is C10H16N2O. The maximum atomic E-state index is 5.65. The van der Waals surface area contributed by atoms with Crippen LogP contribution in [-0.2, 0) is 0 Å². The summed E-state index contributed by atoms with van der Waals surface area (Å²) in [6.45, 7) is 5.05. The summed E-state index contributed by atoms with van der Waals surface area (Å²) in [5, 5.41) is 0. The number of aromatic nitrogens is 1.